The molecular formula is C14H18FNO2. The molecule has 4 heteroatoms. The smallest absolute Gasteiger partial charge is 0.165 e. The van der Waals surface area contributed by atoms with Gasteiger partial charge in [-0.1, -0.05) is 13.0 Å². The van der Waals surface area contributed by atoms with Crippen LogP contribution in [-0.4, -0.2) is 26.0 Å². The Balaban J connectivity index is 2.00. The second-order valence-corrected chi connectivity index (χ2v) is 4.82. The number of carbonyl (C=O) groups is 1. The van der Waals surface area contributed by atoms with Crippen LogP contribution in [0.1, 0.15) is 12.5 Å². The summed E-state index contributed by atoms with van der Waals surface area (Å²) in [5.41, 5.74) is 0.706. The molecule has 0 radical (unpaired) electrons. The van der Waals surface area contributed by atoms with Gasteiger partial charge in [0.2, 0.25) is 0 Å². The van der Waals surface area contributed by atoms with E-state index in [1.54, 1.807) is 12.1 Å². The van der Waals surface area contributed by atoms with Crippen molar-refractivity contribution >= 4 is 5.78 Å². The lowest BCUT2D eigenvalue weighted by molar-refractivity contribution is -0.123. The van der Waals surface area contributed by atoms with Crippen LogP contribution in [0.25, 0.3) is 0 Å². The summed E-state index contributed by atoms with van der Waals surface area (Å²) in [7, 11) is 1.43. The molecule has 1 fully saturated rings. The number of ketones is 1. The highest BCUT2D eigenvalue weighted by Gasteiger charge is 2.28. The van der Waals surface area contributed by atoms with Crippen LogP contribution in [0.2, 0.25) is 0 Å². The molecule has 1 aromatic rings. The number of hydrogen-bond donors (Lipinski definition) is 1. The Kier molecular flexibility index (Phi) is 3.97. The van der Waals surface area contributed by atoms with Crippen molar-refractivity contribution < 1.29 is 13.9 Å². The number of halogens is 1. The molecule has 1 heterocycles. The zero-order valence-electron chi connectivity index (χ0n) is 10.7. The molecule has 1 unspecified atom stereocenters. The molecule has 1 aliphatic heterocycles. The summed E-state index contributed by atoms with van der Waals surface area (Å²) in [6.07, 6.45) is 0.290. The average molecular weight is 251 g/mol. The van der Waals surface area contributed by atoms with Crippen LogP contribution in [0.4, 0.5) is 4.39 Å². The van der Waals surface area contributed by atoms with Gasteiger partial charge >= 0.3 is 0 Å². The standard InChI is InChI=1S/C14H18FNO2/c1-9(11-7-16-8-11)13(17)6-10-3-4-14(18-2)12(15)5-10/h3-5,9,11,16H,6-8H2,1-2H3. The summed E-state index contributed by atoms with van der Waals surface area (Å²) in [6.45, 7) is 3.77. The van der Waals surface area contributed by atoms with Crippen LogP contribution in [0, 0.1) is 17.7 Å². The topological polar surface area (TPSA) is 38.3 Å². The molecular weight excluding hydrogens is 233 g/mol. The van der Waals surface area contributed by atoms with Crippen molar-refractivity contribution in [2.75, 3.05) is 20.2 Å². The van der Waals surface area contributed by atoms with Gasteiger partial charge in [0, 0.05) is 12.3 Å². The fraction of sp³-hybridized carbons (Fsp3) is 0.500. The fourth-order valence-electron chi connectivity index (χ4n) is 2.11. The number of carbonyl (C=O) groups excluding carboxylic acids is 1. The van der Waals surface area contributed by atoms with Gasteiger partial charge in [0.15, 0.2) is 11.6 Å². The molecule has 1 aromatic carbocycles. The molecule has 98 valence electrons. The fourth-order valence-corrected chi connectivity index (χ4v) is 2.11. The highest BCUT2D eigenvalue weighted by molar-refractivity contribution is 5.83. The predicted octanol–water partition coefficient (Wildman–Crippen LogP) is 1.80. The van der Waals surface area contributed by atoms with Crippen molar-refractivity contribution in [3.05, 3.63) is 29.6 Å². The zero-order chi connectivity index (χ0) is 13.1. The molecule has 0 saturated carbocycles. The molecule has 3 nitrogen and oxygen atoms in total. The van der Waals surface area contributed by atoms with Crippen LogP contribution < -0.4 is 10.1 Å². The molecule has 0 aromatic heterocycles. The van der Waals surface area contributed by atoms with Gasteiger partial charge in [-0.05, 0) is 36.7 Å². The monoisotopic (exact) mass is 251 g/mol. The molecule has 1 aliphatic rings. The van der Waals surface area contributed by atoms with Crippen molar-refractivity contribution in [2.24, 2.45) is 11.8 Å². The molecule has 18 heavy (non-hydrogen) atoms. The summed E-state index contributed by atoms with van der Waals surface area (Å²) >= 11 is 0. The Hall–Kier alpha value is -1.42. The largest absolute Gasteiger partial charge is 0.494 e. The molecule has 0 amide bonds. The first-order chi connectivity index (χ1) is 8.61. The number of nitrogens with one attached hydrogen (secondary N) is 1. The predicted molar refractivity (Wildman–Crippen MR) is 67.2 cm³/mol. The van der Waals surface area contributed by atoms with Crippen LogP contribution in [0.3, 0.4) is 0 Å². The highest BCUT2D eigenvalue weighted by Crippen LogP contribution is 2.21. The first-order valence-electron chi connectivity index (χ1n) is 6.17. The van der Waals surface area contributed by atoms with Crippen molar-refractivity contribution in [1.29, 1.82) is 0 Å². The summed E-state index contributed by atoms with van der Waals surface area (Å²) in [4.78, 5) is 12.0. The van der Waals surface area contributed by atoms with Crippen molar-refractivity contribution in [2.45, 2.75) is 13.3 Å². The minimum atomic E-state index is -0.416. The van der Waals surface area contributed by atoms with Gasteiger partial charge in [-0.25, -0.2) is 4.39 Å². The second-order valence-electron chi connectivity index (χ2n) is 4.82. The highest BCUT2D eigenvalue weighted by atomic mass is 19.1. The van der Waals surface area contributed by atoms with E-state index in [0.29, 0.717) is 17.9 Å². The van der Waals surface area contributed by atoms with Gasteiger partial charge in [0.1, 0.15) is 5.78 Å². The number of rotatable bonds is 5. The molecule has 1 atom stereocenters. The van der Waals surface area contributed by atoms with Gasteiger partial charge in [0.25, 0.3) is 0 Å². The molecule has 0 aliphatic carbocycles. The molecule has 0 spiro atoms. The van der Waals surface area contributed by atoms with Crippen LogP contribution >= 0.6 is 0 Å². The molecule has 1 N–H and O–H groups in total. The summed E-state index contributed by atoms with van der Waals surface area (Å²) in [5, 5.41) is 3.16. The Morgan fingerprint density at radius 2 is 2.28 bits per heavy atom. The van der Waals surface area contributed by atoms with E-state index in [1.807, 2.05) is 6.92 Å². The van der Waals surface area contributed by atoms with E-state index in [4.69, 9.17) is 4.74 Å². The van der Waals surface area contributed by atoms with Crippen molar-refractivity contribution in [1.82, 2.24) is 5.32 Å². The minimum Gasteiger partial charge on any atom is -0.494 e. The van der Waals surface area contributed by atoms with Crippen LogP contribution in [0.5, 0.6) is 5.75 Å². The number of ether oxygens (including phenoxy) is 1. The van der Waals surface area contributed by atoms with Gasteiger partial charge in [-0.3, -0.25) is 4.79 Å². The van der Waals surface area contributed by atoms with Crippen LogP contribution in [0.15, 0.2) is 18.2 Å². The number of Topliss-reactive ketones (excluding diaryl/α,β-unsaturated/α-hetero) is 1. The van der Waals surface area contributed by atoms with E-state index in [0.717, 1.165) is 13.1 Å². The number of methoxy groups -OCH3 is 1. The Morgan fingerprint density at radius 3 is 2.78 bits per heavy atom. The van der Waals surface area contributed by atoms with E-state index in [-0.39, 0.29) is 17.5 Å². The minimum absolute atomic E-state index is 0.0383. The lowest BCUT2D eigenvalue weighted by Crippen LogP contribution is -2.47. The van der Waals surface area contributed by atoms with Crippen LogP contribution in [-0.2, 0) is 11.2 Å². The maximum Gasteiger partial charge on any atom is 0.165 e. The third kappa shape index (κ3) is 2.70. The average Bonchev–Trinajstić information content (AvgIpc) is 2.26. The molecule has 1 saturated heterocycles. The lowest BCUT2D eigenvalue weighted by atomic mass is 9.84. The number of hydrogen-bond acceptors (Lipinski definition) is 3. The maximum atomic E-state index is 13.5. The van der Waals surface area contributed by atoms with Gasteiger partial charge in [0.05, 0.1) is 7.11 Å². The maximum absolute atomic E-state index is 13.5. The summed E-state index contributed by atoms with van der Waals surface area (Å²) < 4.78 is 18.3. The van der Waals surface area contributed by atoms with Gasteiger partial charge in [-0.15, -0.1) is 0 Å². The summed E-state index contributed by atoms with van der Waals surface area (Å²) in [6, 6.07) is 4.68. The van der Waals surface area contributed by atoms with E-state index in [9.17, 15) is 9.18 Å². The lowest BCUT2D eigenvalue weighted by Gasteiger charge is -2.31. The van der Waals surface area contributed by atoms with Gasteiger partial charge in [-0.2, -0.15) is 0 Å². The van der Waals surface area contributed by atoms with Crippen molar-refractivity contribution in [3.63, 3.8) is 0 Å². The third-order valence-corrected chi connectivity index (χ3v) is 3.62. The Morgan fingerprint density at radius 1 is 1.56 bits per heavy atom. The van der Waals surface area contributed by atoms with E-state index in [1.165, 1.54) is 13.2 Å². The molecule has 2 rings (SSSR count). The number of benzene rings is 1. The SMILES string of the molecule is COc1ccc(CC(=O)C(C)C2CNC2)cc1F. The normalized spacial score (nSPS) is 17.1. The second kappa shape index (κ2) is 5.48. The Bertz CT molecular complexity index is 443. The quantitative estimate of drug-likeness (QED) is 0.867. The molecule has 0 bridgehead atoms. The summed E-state index contributed by atoms with van der Waals surface area (Å²) in [5.74, 6) is 0.436. The Labute approximate surface area is 106 Å². The first-order valence-corrected chi connectivity index (χ1v) is 6.17. The van der Waals surface area contributed by atoms with E-state index in [2.05, 4.69) is 5.32 Å². The van der Waals surface area contributed by atoms with Gasteiger partial charge < -0.3 is 10.1 Å². The first kappa shape index (κ1) is 13.0. The van der Waals surface area contributed by atoms with E-state index >= 15 is 0 Å². The zero-order valence-corrected chi connectivity index (χ0v) is 10.7. The van der Waals surface area contributed by atoms with Crippen molar-refractivity contribution in [3.8, 4) is 5.75 Å². The third-order valence-electron chi connectivity index (χ3n) is 3.62. The van der Waals surface area contributed by atoms with E-state index < -0.39 is 5.82 Å².